The van der Waals surface area contributed by atoms with Crippen molar-refractivity contribution in [1.29, 1.82) is 0 Å². The second-order valence-electron chi connectivity index (χ2n) is 6.50. The van der Waals surface area contributed by atoms with Crippen LogP contribution in [0, 0.1) is 11.3 Å². The Kier molecular flexibility index (Phi) is 5.79. The Morgan fingerprint density at radius 1 is 1.26 bits per heavy atom. The summed E-state index contributed by atoms with van der Waals surface area (Å²) >= 11 is 0. The first-order valence-electron chi connectivity index (χ1n) is 7.10. The average Bonchev–Trinajstić information content (AvgIpc) is 2.49. The number of hydrogen-bond acceptors (Lipinski definition) is 3. The monoisotopic (exact) mass is 269 g/mol. The number of urea groups is 1. The van der Waals surface area contributed by atoms with Gasteiger partial charge in [-0.3, -0.25) is 10.1 Å². The molecule has 110 valence electrons. The zero-order valence-corrected chi connectivity index (χ0v) is 12.4. The molecule has 5 heteroatoms. The lowest BCUT2D eigenvalue weighted by atomic mass is 9.77. The minimum Gasteiger partial charge on any atom is -0.351 e. The zero-order valence-electron chi connectivity index (χ0n) is 12.4. The molecule has 1 atom stereocenters. The minimum atomic E-state index is -0.770. The van der Waals surface area contributed by atoms with Crippen molar-refractivity contribution in [3.8, 4) is 0 Å². The van der Waals surface area contributed by atoms with Crippen molar-refractivity contribution in [3.63, 3.8) is 0 Å². The molecule has 3 amide bonds. The third-order valence-electron chi connectivity index (χ3n) is 3.96. The van der Waals surface area contributed by atoms with Gasteiger partial charge in [-0.15, -0.1) is 0 Å². The highest BCUT2D eigenvalue weighted by molar-refractivity contribution is 5.93. The molecule has 0 aromatic rings. The van der Waals surface area contributed by atoms with Crippen LogP contribution in [-0.4, -0.2) is 36.5 Å². The minimum absolute atomic E-state index is 0.288. The molecule has 1 saturated heterocycles. The van der Waals surface area contributed by atoms with Crippen molar-refractivity contribution in [2.24, 2.45) is 17.1 Å². The molecule has 0 saturated carbocycles. The van der Waals surface area contributed by atoms with Gasteiger partial charge < -0.3 is 10.6 Å². The molecular formula is C14H27N3O2. The molecule has 1 rings (SSSR count). The van der Waals surface area contributed by atoms with E-state index in [2.05, 4.69) is 31.0 Å². The second kappa shape index (κ2) is 6.89. The summed E-state index contributed by atoms with van der Waals surface area (Å²) in [7, 11) is 0. The standard InChI is InChI=1S/C14H27N3O2/c1-14(2,3)11-5-4-8-17(9-6-11)10-7-12(18)16-13(15)19/h11H,4-10H2,1-3H3,(H3,15,16,18,19). The maximum absolute atomic E-state index is 11.4. The second-order valence-corrected chi connectivity index (χ2v) is 6.50. The number of nitrogens with two attached hydrogens (primary N) is 1. The van der Waals surface area contributed by atoms with E-state index in [4.69, 9.17) is 5.73 Å². The molecule has 0 aromatic heterocycles. The van der Waals surface area contributed by atoms with Crippen LogP contribution in [0.3, 0.4) is 0 Å². The van der Waals surface area contributed by atoms with Gasteiger partial charge in [0.05, 0.1) is 0 Å². The number of carbonyl (C=O) groups is 2. The summed E-state index contributed by atoms with van der Waals surface area (Å²) in [6.45, 7) is 9.67. The van der Waals surface area contributed by atoms with Crippen molar-refractivity contribution in [3.05, 3.63) is 0 Å². The lowest BCUT2D eigenvalue weighted by Crippen LogP contribution is -2.37. The van der Waals surface area contributed by atoms with Crippen LogP contribution in [0.15, 0.2) is 0 Å². The molecule has 1 heterocycles. The van der Waals surface area contributed by atoms with Crippen LogP contribution in [0.25, 0.3) is 0 Å². The van der Waals surface area contributed by atoms with Crippen LogP contribution >= 0.6 is 0 Å². The van der Waals surface area contributed by atoms with E-state index in [1.54, 1.807) is 0 Å². The van der Waals surface area contributed by atoms with E-state index in [-0.39, 0.29) is 5.91 Å². The summed E-state index contributed by atoms with van der Waals surface area (Å²) in [4.78, 5) is 24.2. The molecule has 1 unspecified atom stereocenters. The number of rotatable bonds is 3. The number of amides is 3. The van der Waals surface area contributed by atoms with Crippen LogP contribution in [-0.2, 0) is 4.79 Å². The third-order valence-corrected chi connectivity index (χ3v) is 3.96. The number of hydrogen-bond donors (Lipinski definition) is 2. The van der Waals surface area contributed by atoms with Gasteiger partial charge in [0.1, 0.15) is 0 Å². The van der Waals surface area contributed by atoms with Crippen LogP contribution < -0.4 is 11.1 Å². The van der Waals surface area contributed by atoms with Gasteiger partial charge in [-0.05, 0) is 43.7 Å². The van der Waals surface area contributed by atoms with Crippen molar-refractivity contribution in [2.45, 2.75) is 46.5 Å². The Balaban J connectivity index is 2.33. The fourth-order valence-electron chi connectivity index (χ4n) is 2.71. The molecular weight excluding hydrogens is 242 g/mol. The molecule has 0 aromatic carbocycles. The van der Waals surface area contributed by atoms with Gasteiger partial charge in [-0.2, -0.15) is 0 Å². The lowest BCUT2D eigenvalue weighted by Gasteiger charge is -2.29. The van der Waals surface area contributed by atoms with Gasteiger partial charge >= 0.3 is 6.03 Å². The van der Waals surface area contributed by atoms with E-state index >= 15 is 0 Å². The van der Waals surface area contributed by atoms with Gasteiger partial charge in [-0.25, -0.2) is 4.79 Å². The highest BCUT2D eigenvalue weighted by Gasteiger charge is 2.27. The summed E-state index contributed by atoms with van der Waals surface area (Å²) in [6.07, 6.45) is 3.96. The number of carbonyl (C=O) groups excluding carboxylic acids is 2. The van der Waals surface area contributed by atoms with E-state index < -0.39 is 6.03 Å². The fourth-order valence-corrected chi connectivity index (χ4v) is 2.71. The number of likely N-dealkylation sites (tertiary alicyclic amines) is 1. The Labute approximate surface area is 115 Å². The highest BCUT2D eigenvalue weighted by Crippen LogP contribution is 2.34. The van der Waals surface area contributed by atoms with Crippen LogP contribution in [0.1, 0.15) is 46.5 Å². The number of primary amides is 1. The zero-order chi connectivity index (χ0) is 14.5. The molecule has 0 radical (unpaired) electrons. The lowest BCUT2D eigenvalue weighted by molar-refractivity contribution is -0.120. The molecule has 0 aliphatic carbocycles. The number of nitrogens with zero attached hydrogens (tertiary/aromatic N) is 1. The van der Waals surface area contributed by atoms with Crippen LogP contribution in [0.4, 0.5) is 4.79 Å². The summed E-state index contributed by atoms with van der Waals surface area (Å²) < 4.78 is 0. The Hall–Kier alpha value is -1.10. The molecule has 1 aliphatic heterocycles. The van der Waals surface area contributed by atoms with Gasteiger partial charge in [-0.1, -0.05) is 20.8 Å². The van der Waals surface area contributed by atoms with E-state index in [1.165, 1.54) is 19.3 Å². The largest absolute Gasteiger partial charge is 0.351 e. The Morgan fingerprint density at radius 3 is 2.53 bits per heavy atom. The Bertz CT molecular complexity index is 323. The van der Waals surface area contributed by atoms with Gasteiger partial charge in [0.15, 0.2) is 0 Å². The third kappa shape index (κ3) is 6.05. The van der Waals surface area contributed by atoms with Crippen molar-refractivity contribution >= 4 is 11.9 Å². The van der Waals surface area contributed by atoms with Crippen LogP contribution in [0.2, 0.25) is 0 Å². The fraction of sp³-hybridized carbons (Fsp3) is 0.857. The van der Waals surface area contributed by atoms with Gasteiger partial charge in [0.25, 0.3) is 0 Å². The normalized spacial score (nSPS) is 21.7. The molecule has 3 N–H and O–H groups in total. The van der Waals surface area contributed by atoms with E-state index in [9.17, 15) is 9.59 Å². The highest BCUT2D eigenvalue weighted by atomic mass is 16.2. The SMILES string of the molecule is CC(C)(C)C1CCCN(CCC(=O)NC(N)=O)CC1. The summed E-state index contributed by atoms with van der Waals surface area (Å²) in [5.41, 5.74) is 5.27. The van der Waals surface area contributed by atoms with Crippen molar-refractivity contribution < 1.29 is 9.59 Å². The predicted octanol–water partition coefficient (Wildman–Crippen LogP) is 1.72. The van der Waals surface area contributed by atoms with Gasteiger partial charge in [0, 0.05) is 13.0 Å². The van der Waals surface area contributed by atoms with E-state index in [0.717, 1.165) is 19.0 Å². The molecule has 19 heavy (non-hydrogen) atoms. The Morgan fingerprint density at radius 2 is 1.95 bits per heavy atom. The first-order valence-corrected chi connectivity index (χ1v) is 7.10. The summed E-state index contributed by atoms with van der Waals surface area (Å²) in [5, 5.41) is 2.10. The van der Waals surface area contributed by atoms with E-state index in [0.29, 0.717) is 18.4 Å². The van der Waals surface area contributed by atoms with Crippen LogP contribution in [0.5, 0.6) is 0 Å². The maximum Gasteiger partial charge on any atom is 0.318 e. The summed E-state index contributed by atoms with van der Waals surface area (Å²) in [5.74, 6) is 0.459. The first kappa shape index (κ1) is 16.0. The van der Waals surface area contributed by atoms with E-state index in [1.807, 2.05) is 0 Å². The topological polar surface area (TPSA) is 75.4 Å². The molecule has 0 bridgehead atoms. The number of nitrogens with one attached hydrogen (secondary N) is 1. The molecule has 1 fully saturated rings. The predicted molar refractivity (Wildman–Crippen MR) is 75.6 cm³/mol. The quantitative estimate of drug-likeness (QED) is 0.819. The van der Waals surface area contributed by atoms with Gasteiger partial charge in [0.2, 0.25) is 5.91 Å². The molecule has 5 nitrogen and oxygen atoms in total. The smallest absolute Gasteiger partial charge is 0.318 e. The van der Waals surface area contributed by atoms with Crippen molar-refractivity contribution in [2.75, 3.05) is 19.6 Å². The molecule has 0 spiro atoms. The maximum atomic E-state index is 11.4. The first-order chi connectivity index (χ1) is 8.79. The summed E-state index contributed by atoms with van der Waals surface area (Å²) in [6, 6.07) is -0.770. The van der Waals surface area contributed by atoms with Crippen molar-refractivity contribution in [1.82, 2.24) is 10.2 Å². The average molecular weight is 269 g/mol. The molecule has 1 aliphatic rings. The number of imide groups is 1.